The molecule has 0 bridgehead atoms. The molecule has 6 heteroatoms. The first-order valence-electron chi connectivity index (χ1n) is 11.3. The molecule has 0 spiro atoms. The molecule has 3 aromatic carbocycles. The summed E-state index contributed by atoms with van der Waals surface area (Å²) in [5.41, 5.74) is 4.78. The van der Waals surface area contributed by atoms with Crippen LogP contribution in [0.5, 0.6) is 0 Å². The standard InChI is InChI=1S/C28H31NO4S/c1-20(2)34(32,33)29(5,28(31)26-16-21(3)15-22(4)17-26)27(19-30)18-23-11-13-25(14-12-23)24-9-7-6-8-10-24/h6-17,20,27H,18H2,1-5H3/q+1/t27-,29?/m0/s1. The number of amides is 1. The molecule has 3 rings (SSSR count). The van der Waals surface area contributed by atoms with Gasteiger partial charge in [-0.2, -0.15) is 8.42 Å². The van der Waals surface area contributed by atoms with Crippen molar-refractivity contribution in [2.24, 2.45) is 0 Å². The number of aryl methyl sites for hydroxylation is 2. The molecule has 0 saturated heterocycles. The molecular weight excluding hydrogens is 446 g/mol. The molecule has 2 atom stereocenters. The molecule has 1 radical (unpaired) electrons. The maximum atomic E-state index is 13.8. The first kappa shape index (κ1) is 25.5. The molecule has 0 aromatic heterocycles. The minimum atomic E-state index is -4.07. The molecule has 1 unspecified atom stereocenters. The van der Waals surface area contributed by atoms with Crippen molar-refractivity contribution >= 4 is 22.2 Å². The van der Waals surface area contributed by atoms with Crippen LogP contribution in [-0.2, 0) is 21.2 Å². The summed E-state index contributed by atoms with van der Waals surface area (Å²) >= 11 is 0. The molecule has 34 heavy (non-hydrogen) atoms. The van der Waals surface area contributed by atoms with Gasteiger partial charge in [-0.1, -0.05) is 60.7 Å². The summed E-state index contributed by atoms with van der Waals surface area (Å²) in [5, 5.41) is -0.858. The molecule has 0 aliphatic heterocycles. The molecule has 0 aliphatic rings. The van der Waals surface area contributed by atoms with Crippen molar-refractivity contribution in [3.8, 4) is 11.1 Å². The normalized spacial score (nSPS) is 14.4. The Balaban J connectivity index is 2.04. The summed E-state index contributed by atoms with van der Waals surface area (Å²) in [6.45, 7) is 6.75. The fraction of sp³-hybridized carbons (Fsp3) is 0.286. The summed E-state index contributed by atoms with van der Waals surface area (Å²) in [4.78, 5) is 26.0. The predicted molar refractivity (Wildman–Crippen MR) is 136 cm³/mol. The van der Waals surface area contributed by atoms with Crippen molar-refractivity contribution < 1.29 is 21.9 Å². The maximum absolute atomic E-state index is 13.8. The molecule has 3 aromatic rings. The second-order valence-electron chi connectivity index (χ2n) is 9.14. The van der Waals surface area contributed by atoms with Gasteiger partial charge in [-0.3, -0.25) is 4.79 Å². The van der Waals surface area contributed by atoms with Crippen LogP contribution in [0.4, 0.5) is 0 Å². The van der Waals surface area contributed by atoms with Gasteiger partial charge in [0.15, 0.2) is 6.04 Å². The van der Waals surface area contributed by atoms with E-state index < -0.39 is 31.1 Å². The van der Waals surface area contributed by atoms with Gasteiger partial charge in [0, 0.05) is 6.42 Å². The van der Waals surface area contributed by atoms with Gasteiger partial charge in [0.1, 0.15) is 5.25 Å². The average Bonchev–Trinajstić information content (AvgIpc) is 2.81. The lowest BCUT2D eigenvalue weighted by atomic mass is 10.00. The number of nitrogens with zero attached hydrogens (tertiary/aromatic N) is 1. The zero-order valence-electron chi connectivity index (χ0n) is 20.3. The third kappa shape index (κ3) is 4.88. The fourth-order valence-electron chi connectivity index (χ4n) is 4.23. The lowest BCUT2D eigenvalue weighted by molar-refractivity contribution is -0.714. The van der Waals surface area contributed by atoms with E-state index in [1.54, 1.807) is 12.1 Å². The first-order chi connectivity index (χ1) is 16.0. The van der Waals surface area contributed by atoms with E-state index in [0.29, 0.717) is 0 Å². The van der Waals surface area contributed by atoms with E-state index in [4.69, 9.17) is 0 Å². The van der Waals surface area contributed by atoms with Crippen LogP contribution >= 0.6 is 0 Å². The SMILES string of the molecule is Cc1cc(C)cc(C(=O)[N+](C)([C@H]([C]=O)Cc2ccc(-c3ccccc3)cc2)S(=O)(=O)C(C)C)c1. The van der Waals surface area contributed by atoms with Gasteiger partial charge in [0.25, 0.3) is 6.29 Å². The minimum Gasteiger partial charge on any atom is -0.284 e. The van der Waals surface area contributed by atoms with Crippen molar-refractivity contribution in [3.05, 3.63) is 95.1 Å². The van der Waals surface area contributed by atoms with E-state index in [2.05, 4.69) is 0 Å². The highest BCUT2D eigenvalue weighted by atomic mass is 32.2. The van der Waals surface area contributed by atoms with Crippen molar-refractivity contribution in [1.29, 1.82) is 0 Å². The number of hydrogen-bond acceptors (Lipinski definition) is 4. The van der Waals surface area contributed by atoms with E-state index in [-0.39, 0.29) is 12.0 Å². The van der Waals surface area contributed by atoms with Gasteiger partial charge in [-0.15, -0.1) is 3.89 Å². The Labute approximate surface area is 202 Å². The second-order valence-corrected chi connectivity index (χ2v) is 11.9. The number of sulfonamides is 1. The zero-order chi connectivity index (χ0) is 25.1. The zero-order valence-corrected chi connectivity index (χ0v) is 21.1. The van der Waals surface area contributed by atoms with Crippen LogP contribution in [0, 0.1) is 13.8 Å². The van der Waals surface area contributed by atoms with E-state index in [0.717, 1.165) is 27.8 Å². The third-order valence-corrected chi connectivity index (χ3v) is 8.89. The highest BCUT2D eigenvalue weighted by Crippen LogP contribution is 2.29. The van der Waals surface area contributed by atoms with Gasteiger partial charge in [-0.05, 0) is 67.6 Å². The van der Waals surface area contributed by atoms with Crippen LogP contribution < -0.4 is 0 Å². The number of quaternary nitrogens is 1. The second kappa shape index (κ2) is 10.0. The molecule has 177 valence electrons. The van der Waals surface area contributed by atoms with Crippen LogP contribution in [0.2, 0.25) is 0 Å². The number of rotatable bonds is 8. The molecule has 0 N–H and O–H groups in total. The van der Waals surface area contributed by atoms with Crippen LogP contribution in [0.1, 0.15) is 40.9 Å². The van der Waals surface area contributed by atoms with Crippen LogP contribution in [0.15, 0.2) is 72.8 Å². The Hall–Kier alpha value is -3.09. The predicted octanol–water partition coefficient (Wildman–Crippen LogP) is 5.02. The number of carbonyl (C=O) groups excluding carboxylic acids is 2. The van der Waals surface area contributed by atoms with Gasteiger partial charge in [0.05, 0.1) is 12.6 Å². The molecule has 1 amide bonds. The highest BCUT2D eigenvalue weighted by Gasteiger charge is 2.53. The Morgan fingerprint density at radius 1 is 0.882 bits per heavy atom. The molecular formula is C28H31NO4S+. The van der Waals surface area contributed by atoms with Gasteiger partial charge < -0.3 is 0 Å². The summed E-state index contributed by atoms with van der Waals surface area (Å²) in [6.07, 6.45) is 1.97. The molecule has 0 heterocycles. The number of benzene rings is 3. The van der Waals surface area contributed by atoms with Gasteiger partial charge >= 0.3 is 15.9 Å². The summed E-state index contributed by atoms with van der Waals surface area (Å²) < 4.78 is 26.0. The van der Waals surface area contributed by atoms with E-state index >= 15 is 0 Å². The summed E-state index contributed by atoms with van der Waals surface area (Å²) in [5.74, 6) is -0.630. The van der Waals surface area contributed by atoms with Gasteiger partial charge in [-0.25, -0.2) is 4.79 Å². The van der Waals surface area contributed by atoms with Gasteiger partial charge in [0.2, 0.25) is 0 Å². The monoisotopic (exact) mass is 477 g/mol. The molecule has 0 fully saturated rings. The van der Waals surface area contributed by atoms with E-state index in [9.17, 15) is 18.0 Å². The van der Waals surface area contributed by atoms with Crippen LogP contribution in [-0.4, -0.2) is 42.8 Å². The Kier molecular flexibility index (Phi) is 7.54. The first-order valence-corrected chi connectivity index (χ1v) is 12.8. The summed E-state index contributed by atoms with van der Waals surface area (Å²) in [7, 11) is -2.75. The van der Waals surface area contributed by atoms with E-state index in [1.807, 2.05) is 80.8 Å². The Morgan fingerprint density at radius 3 is 1.91 bits per heavy atom. The smallest absolute Gasteiger partial charge is 0.284 e. The van der Waals surface area contributed by atoms with Crippen LogP contribution in [0.25, 0.3) is 11.1 Å². The van der Waals surface area contributed by atoms with Crippen molar-refractivity contribution in [3.63, 3.8) is 0 Å². The molecule has 5 nitrogen and oxygen atoms in total. The number of hydrogen-bond donors (Lipinski definition) is 0. The Bertz CT molecular complexity index is 1260. The lowest BCUT2D eigenvalue weighted by Crippen LogP contribution is -2.63. The summed E-state index contributed by atoms with van der Waals surface area (Å²) in [6, 6.07) is 21.5. The topological polar surface area (TPSA) is 68.3 Å². The van der Waals surface area contributed by atoms with Crippen molar-refractivity contribution in [2.75, 3.05) is 7.05 Å². The molecule has 0 saturated carbocycles. The average molecular weight is 478 g/mol. The number of likely N-dealkylation sites (N-methyl/N-ethyl adjacent to an activating group) is 1. The lowest BCUT2D eigenvalue weighted by Gasteiger charge is -2.36. The van der Waals surface area contributed by atoms with Crippen LogP contribution in [0.3, 0.4) is 0 Å². The minimum absolute atomic E-state index is 0.0670. The van der Waals surface area contributed by atoms with Crippen molar-refractivity contribution in [1.82, 2.24) is 0 Å². The van der Waals surface area contributed by atoms with E-state index in [1.165, 1.54) is 20.9 Å². The fourth-order valence-corrected chi connectivity index (χ4v) is 5.92. The maximum Gasteiger partial charge on any atom is 0.361 e. The quantitative estimate of drug-likeness (QED) is 0.428. The number of carbonyl (C=O) groups is 1. The Morgan fingerprint density at radius 2 is 1.41 bits per heavy atom. The van der Waals surface area contributed by atoms with Crippen molar-refractivity contribution in [2.45, 2.75) is 45.4 Å². The third-order valence-electron chi connectivity index (χ3n) is 6.22. The molecule has 0 aliphatic carbocycles. The highest BCUT2D eigenvalue weighted by molar-refractivity contribution is 7.86. The largest absolute Gasteiger partial charge is 0.361 e.